The van der Waals surface area contributed by atoms with E-state index in [2.05, 4.69) is 56.2 Å². The average Bonchev–Trinajstić information content (AvgIpc) is 2.43. The zero-order valence-electron chi connectivity index (χ0n) is 12.9. The number of ether oxygens (including phenoxy) is 1. The number of hydrogen-bond acceptors (Lipinski definition) is 3. The molecule has 0 aliphatic rings. The average molecular weight is 264 g/mol. The predicted molar refractivity (Wildman–Crippen MR) is 81.6 cm³/mol. The van der Waals surface area contributed by atoms with Gasteiger partial charge in [-0.15, -0.1) is 0 Å². The second-order valence-corrected chi connectivity index (χ2v) is 5.29. The third-order valence-corrected chi connectivity index (χ3v) is 3.80. The third-order valence-electron chi connectivity index (χ3n) is 3.80. The first-order valence-electron chi connectivity index (χ1n) is 7.12. The number of benzene rings is 1. The lowest BCUT2D eigenvalue weighted by Gasteiger charge is -2.30. The summed E-state index contributed by atoms with van der Waals surface area (Å²) >= 11 is 0. The number of nitrogens with one attached hydrogen (secondary N) is 1. The van der Waals surface area contributed by atoms with Crippen LogP contribution in [0.25, 0.3) is 0 Å². The smallest absolute Gasteiger partial charge is 0.119 e. The topological polar surface area (TPSA) is 24.5 Å². The van der Waals surface area contributed by atoms with Gasteiger partial charge >= 0.3 is 0 Å². The summed E-state index contributed by atoms with van der Waals surface area (Å²) in [4.78, 5) is 2.40. The van der Waals surface area contributed by atoms with E-state index >= 15 is 0 Å². The van der Waals surface area contributed by atoms with Gasteiger partial charge in [0.1, 0.15) is 5.75 Å². The molecule has 108 valence electrons. The van der Waals surface area contributed by atoms with E-state index in [0.717, 1.165) is 25.4 Å². The standard InChI is InChI=1S/C16H28N2O/c1-6-17-11-13(2)14(3)18(4)12-15-8-7-9-16(10-15)19-5/h7-10,13-14,17H,6,11-12H2,1-5H3. The minimum atomic E-state index is 0.547. The molecule has 1 aromatic rings. The number of rotatable bonds is 8. The minimum absolute atomic E-state index is 0.547. The first kappa shape index (κ1) is 16.0. The summed E-state index contributed by atoms with van der Waals surface area (Å²) < 4.78 is 5.27. The molecule has 0 saturated heterocycles. The Morgan fingerprint density at radius 2 is 2.05 bits per heavy atom. The maximum atomic E-state index is 5.27. The van der Waals surface area contributed by atoms with Gasteiger partial charge < -0.3 is 10.1 Å². The van der Waals surface area contributed by atoms with Crippen molar-refractivity contribution in [3.8, 4) is 5.75 Å². The zero-order chi connectivity index (χ0) is 14.3. The van der Waals surface area contributed by atoms with E-state index in [1.54, 1.807) is 7.11 Å². The highest BCUT2D eigenvalue weighted by Crippen LogP contribution is 2.16. The van der Waals surface area contributed by atoms with Crippen LogP contribution in [0.3, 0.4) is 0 Å². The van der Waals surface area contributed by atoms with Crippen LogP contribution < -0.4 is 10.1 Å². The van der Waals surface area contributed by atoms with E-state index < -0.39 is 0 Å². The van der Waals surface area contributed by atoms with Crippen LogP contribution in [0.1, 0.15) is 26.3 Å². The summed E-state index contributed by atoms with van der Waals surface area (Å²) in [5.74, 6) is 1.56. The van der Waals surface area contributed by atoms with Crippen molar-refractivity contribution in [3.63, 3.8) is 0 Å². The Labute approximate surface area is 118 Å². The molecular formula is C16H28N2O. The van der Waals surface area contributed by atoms with Crippen molar-refractivity contribution in [3.05, 3.63) is 29.8 Å². The van der Waals surface area contributed by atoms with Crippen LogP contribution in [0.5, 0.6) is 5.75 Å². The summed E-state index contributed by atoms with van der Waals surface area (Å²) in [6.07, 6.45) is 0. The molecule has 0 spiro atoms. The van der Waals surface area contributed by atoms with E-state index in [0.29, 0.717) is 12.0 Å². The molecule has 3 heteroatoms. The van der Waals surface area contributed by atoms with Gasteiger partial charge in [0.15, 0.2) is 0 Å². The molecule has 1 N–H and O–H groups in total. The van der Waals surface area contributed by atoms with Crippen LogP contribution in [0.4, 0.5) is 0 Å². The molecule has 0 heterocycles. The minimum Gasteiger partial charge on any atom is -0.497 e. The Balaban J connectivity index is 2.54. The fourth-order valence-electron chi connectivity index (χ4n) is 2.18. The monoisotopic (exact) mass is 264 g/mol. The quantitative estimate of drug-likeness (QED) is 0.781. The zero-order valence-corrected chi connectivity index (χ0v) is 12.9. The van der Waals surface area contributed by atoms with Gasteiger partial charge in [-0.2, -0.15) is 0 Å². The van der Waals surface area contributed by atoms with E-state index in [4.69, 9.17) is 4.74 Å². The van der Waals surface area contributed by atoms with Gasteiger partial charge in [-0.1, -0.05) is 26.0 Å². The lowest BCUT2D eigenvalue weighted by molar-refractivity contribution is 0.189. The molecule has 19 heavy (non-hydrogen) atoms. The largest absolute Gasteiger partial charge is 0.497 e. The summed E-state index contributed by atoms with van der Waals surface area (Å²) in [7, 11) is 3.90. The van der Waals surface area contributed by atoms with Crippen LogP contribution in [0.15, 0.2) is 24.3 Å². The van der Waals surface area contributed by atoms with Crippen LogP contribution in [-0.4, -0.2) is 38.2 Å². The van der Waals surface area contributed by atoms with E-state index in [1.807, 2.05) is 6.07 Å². The molecule has 0 radical (unpaired) electrons. The Morgan fingerprint density at radius 1 is 1.32 bits per heavy atom. The van der Waals surface area contributed by atoms with E-state index in [9.17, 15) is 0 Å². The Hall–Kier alpha value is -1.06. The first-order valence-corrected chi connectivity index (χ1v) is 7.12. The van der Waals surface area contributed by atoms with Crippen LogP contribution in [-0.2, 0) is 6.54 Å². The fourth-order valence-corrected chi connectivity index (χ4v) is 2.18. The SMILES string of the molecule is CCNCC(C)C(C)N(C)Cc1cccc(OC)c1. The van der Waals surface area contributed by atoms with Crippen molar-refractivity contribution in [2.45, 2.75) is 33.4 Å². The van der Waals surface area contributed by atoms with Crippen molar-refractivity contribution in [2.75, 3.05) is 27.2 Å². The van der Waals surface area contributed by atoms with Gasteiger partial charge in [0.2, 0.25) is 0 Å². The van der Waals surface area contributed by atoms with E-state index in [-0.39, 0.29) is 0 Å². The molecule has 0 saturated carbocycles. The van der Waals surface area contributed by atoms with Crippen LogP contribution in [0, 0.1) is 5.92 Å². The van der Waals surface area contributed by atoms with Crippen molar-refractivity contribution in [1.29, 1.82) is 0 Å². The highest BCUT2D eigenvalue weighted by atomic mass is 16.5. The van der Waals surface area contributed by atoms with Crippen LogP contribution >= 0.6 is 0 Å². The first-order chi connectivity index (χ1) is 9.08. The molecule has 1 aromatic carbocycles. The van der Waals surface area contributed by atoms with Crippen molar-refractivity contribution in [1.82, 2.24) is 10.2 Å². The lowest BCUT2D eigenvalue weighted by Crippen LogP contribution is -2.38. The van der Waals surface area contributed by atoms with Crippen LogP contribution in [0.2, 0.25) is 0 Å². The van der Waals surface area contributed by atoms with Crippen molar-refractivity contribution >= 4 is 0 Å². The predicted octanol–water partition coefficient (Wildman–Crippen LogP) is 2.76. The molecule has 3 nitrogen and oxygen atoms in total. The summed E-state index contributed by atoms with van der Waals surface area (Å²) in [5.41, 5.74) is 1.30. The molecule has 0 aromatic heterocycles. The Morgan fingerprint density at radius 3 is 2.68 bits per heavy atom. The molecular weight excluding hydrogens is 236 g/mol. The fraction of sp³-hybridized carbons (Fsp3) is 0.625. The van der Waals surface area contributed by atoms with Gasteiger partial charge in [0.05, 0.1) is 7.11 Å². The van der Waals surface area contributed by atoms with Gasteiger partial charge in [0.25, 0.3) is 0 Å². The maximum absolute atomic E-state index is 5.27. The normalized spacial score (nSPS) is 14.4. The maximum Gasteiger partial charge on any atom is 0.119 e. The van der Waals surface area contributed by atoms with Gasteiger partial charge in [-0.25, -0.2) is 0 Å². The summed E-state index contributed by atoms with van der Waals surface area (Å²) in [5, 5.41) is 3.42. The molecule has 2 unspecified atom stereocenters. The summed E-state index contributed by atoms with van der Waals surface area (Å²) in [6.45, 7) is 9.81. The number of hydrogen-bond donors (Lipinski definition) is 1. The number of nitrogens with zero attached hydrogens (tertiary/aromatic N) is 1. The van der Waals surface area contributed by atoms with Gasteiger partial charge in [-0.3, -0.25) is 4.90 Å². The van der Waals surface area contributed by atoms with Gasteiger partial charge in [-0.05, 0) is 50.7 Å². The second kappa shape index (κ2) is 8.18. The lowest BCUT2D eigenvalue weighted by atomic mass is 10.0. The highest BCUT2D eigenvalue weighted by molar-refractivity contribution is 5.28. The molecule has 1 rings (SSSR count). The molecule has 0 amide bonds. The van der Waals surface area contributed by atoms with Gasteiger partial charge in [0, 0.05) is 12.6 Å². The third kappa shape index (κ3) is 5.21. The Bertz CT molecular complexity index is 368. The molecule has 0 aliphatic carbocycles. The molecule has 0 fully saturated rings. The highest BCUT2D eigenvalue weighted by Gasteiger charge is 2.16. The van der Waals surface area contributed by atoms with Crippen molar-refractivity contribution in [2.24, 2.45) is 5.92 Å². The molecule has 2 atom stereocenters. The summed E-state index contributed by atoms with van der Waals surface area (Å²) in [6, 6.07) is 8.85. The second-order valence-electron chi connectivity index (χ2n) is 5.29. The van der Waals surface area contributed by atoms with Crippen molar-refractivity contribution < 1.29 is 4.74 Å². The molecule has 0 bridgehead atoms. The van der Waals surface area contributed by atoms with E-state index in [1.165, 1.54) is 5.56 Å². The number of methoxy groups -OCH3 is 1. The Kier molecular flexibility index (Phi) is 6.89. The molecule has 0 aliphatic heterocycles.